The number of nitrogens with two attached hydrogens (primary N) is 2. The van der Waals surface area contributed by atoms with Crippen LogP contribution in [0, 0.1) is 0 Å². The molecule has 14 nitrogen and oxygen atoms in total. The van der Waals surface area contributed by atoms with E-state index in [9.17, 15) is 10.2 Å². The Labute approximate surface area is 340 Å². The van der Waals surface area contributed by atoms with Crippen molar-refractivity contribution in [3.05, 3.63) is 128 Å². The van der Waals surface area contributed by atoms with Crippen LogP contribution in [0.15, 0.2) is 148 Å². The van der Waals surface area contributed by atoms with Gasteiger partial charge >= 0.3 is 5.95 Å². The summed E-state index contributed by atoms with van der Waals surface area (Å²) in [7, 11) is 4.01. The number of imidazole rings is 2. The van der Waals surface area contributed by atoms with Gasteiger partial charge in [0.05, 0.1) is 38.1 Å². The Morgan fingerprint density at radius 3 is 2.05 bits per heavy atom. The zero-order valence-corrected chi connectivity index (χ0v) is 33.0. The van der Waals surface area contributed by atoms with E-state index in [0.29, 0.717) is 23.9 Å². The highest BCUT2D eigenvalue weighted by Gasteiger charge is 2.33. The highest BCUT2D eigenvalue weighted by molar-refractivity contribution is 6.01. The van der Waals surface area contributed by atoms with Crippen molar-refractivity contribution in [3.63, 3.8) is 0 Å². The zero-order valence-electron chi connectivity index (χ0n) is 33.0. The molecule has 1 atom stereocenters. The molecule has 2 aromatic heterocycles. The first-order chi connectivity index (χ1) is 28.8. The standard InChI is InChI=1S/C45H44N12O2/c1-52-34-17-7-9-19-36(34)56(44(52)50-48-42-32-15-5-3-13-30(32)27-38(58)40(42)46)23-11-21-54-25-26-55(29-54)22-12-24-57-37-20-10-8-18-35(37)53(2)45(57)51-49-43-33-16-6-4-14-31(33)28-39(59)41(43)47/h3-10,13-20,25-29,44H,11-12,21-24H2,1-2H3,(H4-,46,47,48,49,50,58,59)/p+2. The summed E-state index contributed by atoms with van der Waals surface area (Å²) in [4.78, 5) is 4.39. The number of benzene rings is 6. The van der Waals surface area contributed by atoms with Gasteiger partial charge in [-0.05, 0) is 47.2 Å². The third-order valence-corrected chi connectivity index (χ3v) is 11.2. The normalized spacial score (nSPS) is 14.2. The van der Waals surface area contributed by atoms with Gasteiger partial charge in [0, 0.05) is 42.3 Å². The molecule has 14 heteroatoms. The molecule has 0 spiro atoms. The van der Waals surface area contributed by atoms with Crippen LogP contribution in [-0.2, 0) is 26.7 Å². The fourth-order valence-corrected chi connectivity index (χ4v) is 8.17. The van der Waals surface area contributed by atoms with Gasteiger partial charge in [-0.2, -0.15) is 0 Å². The first-order valence-electron chi connectivity index (χ1n) is 19.7. The quantitative estimate of drug-likeness (QED) is 0.0421. The average Bonchev–Trinajstić information content (AvgIpc) is 3.90. The van der Waals surface area contributed by atoms with E-state index in [1.165, 1.54) is 0 Å². The smallest absolute Gasteiger partial charge is 0.422 e. The van der Waals surface area contributed by atoms with Gasteiger partial charge in [0.1, 0.15) is 57.7 Å². The lowest BCUT2D eigenvalue weighted by Gasteiger charge is -2.26. The molecule has 0 amide bonds. The van der Waals surface area contributed by atoms with Crippen LogP contribution in [0.3, 0.4) is 0 Å². The largest absolute Gasteiger partial charge is 0.506 e. The van der Waals surface area contributed by atoms with E-state index in [2.05, 4.69) is 76.7 Å². The van der Waals surface area contributed by atoms with Gasteiger partial charge in [-0.15, -0.1) is 10.2 Å². The van der Waals surface area contributed by atoms with E-state index >= 15 is 0 Å². The summed E-state index contributed by atoms with van der Waals surface area (Å²) in [6.07, 6.45) is 7.74. The number of nitrogen functional groups attached to an aromatic ring is 2. The third kappa shape index (κ3) is 6.88. The van der Waals surface area contributed by atoms with Gasteiger partial charge in [0.2, 0.25) is 12.6 Å². The van der Waals surface area contributed by atoms with Crippen LogP contribution in [0.25, 0.3) is 32.6 Å². The monoisotopic (exact) mass is 786 g/mol. The molecule has 0 bridgehead atoms. The van der Waals surface area contributed by atoms with Crippen molar-refractivity contribution in [3.8, 4) is 11.5 Å². The molecular weight excluding hydrogens is 741 g/mol. The third-order valence-electron chi connectivity index (χ3n) is 11.2. The number of phenols is 2. The topological polar surface area (TPSA) is 166 Å². The predicted octanol–water partition coefficient (Wildman–Crippen LogP) is 8.36. The van der Waals surface area contributed by atoms with E-state index in [-0.39, 0.29) is 29.2 Å². The molecule has 1 unspecified atom stereocenters. The lowest BCUT2D eigenvalue weighted by Crippen LogP contribution is -2.41. The molecule has 9 rings (SSSR count). The fraction of sp³-hybridized carbons (Fsp3) is 0.200. The molecule has 0 radical (unpaired) electrons. The number of phenolic OH excluding ortho intramolecular Hbond substituents is 2. The summed E-state index contributed by atoms with van der Waals surface area (Å²) in [6, 6.07) is 35.3. The summed E-state index contributed by atoms with van der Waals surface area (Å²) < 4.78 is 8.66. The minimum atomic E-state index is -0.380. The lowest BCUT2D eigenvalue weighted by molar-refractivity contribution is -0.696. The van der Waals surface area contributed by atoms with Crippen molar-refractivity contribution in [2.45, 2.75) is 38.8 Å². The maximum absolute atomic E-state index is 10.5. The minimum absolute atomic E-state index is 0.00801. The van der Waals surface area contributed by atoms with E-state index in [1.54, 1.807) is 12.1 Å². The number of azo groups is 2. The minimum Gasteiger partial charge on any atom is -0.506 e. The number of anilines is 4. The van der Waals surface area contributed by atoms with Crippen molar-refractivity contribution in [1.82, 2.24) is 9.13 Å². The molecule has 1 aliphatic rings. The van der Waals surface area contributed by atoms with E-state index in [0.717, 1.165) is 76.4 Å². The molecule has 0 saturated carbocycles. The Morgan fingerprint density at radius 2 is 1.32 bits per heavy atom. The van der Waals surface area contributed by atoms with E-state index in [4.69, 9.17) is 21.7 Å². The molecule has 59 heavy (non-hydrogen) atoms. The number of fused-ring (bicyclic) bond motifs is 4. The summed E-state index contributed by atoms with van der Waals surface area (Å²) in [5.74, 6) is 0.662. The van der Waals surface area contributed by atoms with Gasteiger partial charge < -0.3 is 31.5 Å². The predicted molar refractivity (Wildman–Crippen MR) is 232 cm³/mol. The van der Waals surface area contributed by atoms with Crippen LogP contribution in [-0.4, -0.2) is 39.2 Å². The van der Waals surface area contributed by atoms with Crippen LogP contribution >= 0.6 is 0 Å². The molecule has 8 aromatic rings. The number of aromatic nitrogens is 4. The molecule has 296 valence electrons. The van der Waals surface area contributed by atoms with Crippen LogP contribution in [0.5, 0.6) is 11.5 Å². The van der Waals surface area contributed by atoms with Crippen molar-refractivity contribution in [2.75, 3.05) is 34.9 Å². The van der Waals surface area contributed by atoms with Crippen molar-refractivity contribution in [2.24, 2.45) is 27.5 Å². The first kappa shape index (κ1) is 37.1. The maximum Gasteiger partial charge on any atom is 0.422 e. The Bertz CT molecular complexity index is 2920. The molecule has 0 saturated heterocycles. The Hall–Kier alpha value is -7.48. The van der Waals surface area contributed by atoms with Gasteiger partial charge in [-0.25, -0.2) is 18.3 Å². The number of para-hydroxylation sites is 4. The molecule has 1 aliphatic heterocycles. The molecule has 6 aromatic carbocycles. The van der Waals surface area contributed by atoms with Crippen molar-refractivity contribution in [1.29, 1.82) is 0 Å². The number of nitrogens with zero attached hydrogens (tertiary/aromatic N) is 10. The molecule has 6 N–H and O–H groups in total. The van der Waals surface area contributed by atoms with E-state index in [1.807, 2.05) is 91.5 Å². The number of aryl methyl sites for hydroxylation is 4. The van der Waals surface area contributed by atoms with Gasteiger partial charge in [-0.3, -0.25) is 0 Å². The van der Waals surface area contributed by atoms with Crippen molar-refractivity contribution >= 4 is 72.7 Å². The summed E-state index contributed by atoms with van der Waals surface area (Å²) >= 11 is 0. The highest BCUT2D eigenvalue weighted by atomic mass is 16.3. The number of aromatic hydroxyl groups is 2. The second-order valence-corrected chi connectivity index (χ2v) is 14.9. The number of hydrogen-bond donors (Lipinski definition) is 4. The average molecular weight is 787 g/mol. The zero-order chi connectivity index (χ0) is 40.6. The van der Waals surface area contributed by atoms with Gasteiger partial charge in [-0.1, -0.05) is 77.9 Å². The number of rotatable bonds is 12. The summed E-state index contributed by atoms with van der Waals surface area (Å²) in [5, 5.41) is 43.3. The van der Waals surface area contributed by atoms with Crippen molar-refractivity contribution < 1.29 is 19.3 Å². The van der Waals surface area contributed by atoms with Gasteiger partial charge in [0.25, 0.3) is 0 Å². The highest BCUT2D eigenvalue weighted by Crippen LogP contribution is 2.43. The Balaban J connectivity index is 0.882. The lowest BCUT2D eigenvalue weighted by atomic mass is 10.1. The first-order valence-corrected chi connectivity index (χ1v) is 19.7. The molecule has 3 heterocycles. The Morgan fingerprint density at radius 1 is 0.695 bits per heavy atom. The van der Waals surface area contributed by atoms with Crippen LogP contribution < -0.4 is 30.4 Å². The number of hydrogen-bond acceptors (Lipinski definition) is 10. The molecule has 0 aliphatic carbocycles. The summed E-state index contributed by atoms with van der Waals surface area (Å²) in [5.41, 5.74) is 18.2. The Kier molecular flexibility index (Phi) is 9.73. The van der Waals surface area contributed by atoms with Crippen LogP contribution in [0.2, 0.25) is 0 Å². The maximum atomic E-state index is 10.5. The SMILES string of the molecule is CN1c2ccccc2N(CCC[n+]2ccn(CCCn3c(N=Nc4c(N)c(O)cc5ccccc45)[n+](C)c4ccccc43)c2)C1N=Nc1c(N)c(O)cc2ccccc12. The van der Waals surface area contributed by atoms with Crippen LogP contribution in [0.1, 0.15) is 12.8 Å². The summed E-state index contributed by atoms with van der Waals surface area (Å²) in [6.45, 7) is 3.09. The molecule has 0 fully saturated rings. The van der Waals surface area contributed by atoms with Gasteiger partial charge in [0.15, 0.2) is 0 Å². The second kappa shape index (κ2) is 15.5. The second-order valence-electron chi connectivity index (χ2n) is 14.9. The fourth-order valence-electron chi connectivity index (χ4n) is 8.17. The van der Waals surface area contributed by atoms with E-state index < -0.39 is 0 Å². The van der Waals surface area contributed by atoms with Crippen LogP contribution in [0.4, 0.5) is 40.1 Å². The molecular formula is C45H46N12O2+2.